The Balaban J connectivity index is 2.65. The van der Waals surface area contributed by atoms with Crippen molar-refractivity contribution >= 4 is 11.3 Å². The number of nitrogens with zero attached hydrogens (tertiary/aromatic N) is 3. The molecule has 0 saturated heterocycles. The third kappa shape index (κ3) is 1.68. The van der Waals surface area contributed by atoms with E-state index < -0.39 is 0 Å². The van der Waals surface area contributed by atoms with Crippen LogP contribution in [0.5, 0.6) is 0 Å². The van der Waals surface area contributed by atoms with Crippen molar-refractivity contribution in [3.63, 3.8) is 0 Å². The minimum absolute atomic E-state index is 0.485. The van der Waals surface area contributed by atoms with Gasteiger partial charge in [0.2, 0.25) is 0 Å². The number of hydrogen-bond acceptors (Lipinski definition) is 3. The molecule has 2 aromatic heterocycles. The number of imidazole rings is 1. The Morgan fingerprint density at radius 1 is 1.40 bits per heavy atom. The number of pyridine rings is 1. The summed E-state index contributed by atoms with van der Waals surface area (Å²) >= 11 is 0. The van der Waals surface area contributed by atoms with Gasteiger partial charge in [-0.2, -0.15) is 0 Å². The molecule has 0 fully saturated rings. The molecule has 0 aliphatic heterocycles. The SMILES string of the molecule is Cc1cc(N(C)C)cn2cc(CN)nc12. The van der Waals surface area contributed by atoms with E-state index >= 15 is 0 Å². The smallest absolute Gasteiger partial charge is 0.140 e. The second kappa shape index (κ2) is 3.55. The Kier molecular flexibility index (Phi) is 2.36. The number of anilines is 1. The average Bonchev–Trinajstić information content (AvgIpc) is 2.61. The molecule has 0 radical (unpaired) electrons. The van der Waals surface area contributed by atoms with Gasteiger partial charge in [-0.3, -0.25) is 0 Å². The molecule has 2 N–H and O–H groups in total. The first-order chi connectivity index (χ1) is 7.11. The minimum atomic E-state index is 0.485. The van der Waals surface area contributed by atoms with Crippen LogP contribution in [0.3, 0.4) is 0 Å². The standard InChI is InChI=1S/C11H16N4/c1-8-4-10(14(2)3)7-15-6-9(5-12)13-11(8)15/h4,6-7H,5,12H2,1-3H3. The second-order valence-corrected chi connectivity index (χ2v) is 3.94. The van der Waals surface area contributed by atoms with Crippen LogP contribution in [0.25, 0.3) is 5.65 Å². The molecule has 2 aromatic rings. The highest BCUT2D eigenvalue weighted by molar-refractivity contribution is 5.57. The number of hydrogen-bond donors (Lipinski definition) is 1. The molecular formula is C11H16N4. The predicted octanol–water partition coefficient (Wildman–Crippen LogP) is 1.17. The topological polar surface area (TPSA) is 46.6 Å². The van der Waals surface area contributed by atoms with E-state index in [2.05, 4.69) is 29.1 Å². The van der Waals surface area contributed by atoms with E-state index in [4.69, 9.17) is 5.73 Å². The minimum Gasteiger partial charge on any atom is -0.376 e. The fraction of sp³-hybridized carbons (Fsp3) is 0.364. The maximum Gasteiger partial charge on any atom is 0.140 e. The normalized spacial score (nSPS) is 10.9. The van der Waals surface area contributed by atoms with Crippen LogP contribution < -0.4 is 10.6 Å². The maximum absolute atomic E-state index is 5.58. The van der Waals surface area contributed by atoms with Gasteiger partial charge in [0.25, 0.3) is 0 Å². The Morgan fingerprint density at radius 2 is 2.13 bits per heavy atom. The van der Waals surface area contributed by atoms with Crippen molar-refractivity contribution in [1.82, 2.24) is 9.38 Å². The quantitative estimate of drug-likeness (QED) is 0.798. The van der Waals surface area contributed by atoms with Gasteiger partial charge in [-0.05, 0) is 18.6 Å². The highest BCUT2D eigenvalue weighted by Crippen LogP contribution is 2.18. The molecule has 0 amide bonds. The van der Waals surface area contributed by atoms with Crippen molar-refractivity contribution in [2.45, 2.75) is 13.5 Å². The van der Waals surface area contributed by atoms with Crippen LogP contribution in [0.4, 0.5) is 5.69 Å². The Hall–Kier alpha value is -1.55. The van der Waals surface area contributed by atoms with E-state index in [0.717, 1.165) is 11.3 Å². The van der Waals surface area contributed by atoms with Gasteiger partial charge in [0.05, 0.1) is 11.4 Å². The maximum atomic E-state index is 5.58. The zero-order valence-electron chi connectivity index (χ0n) is 9.36. The van der Waals surface area contributed by atoms with E-state index in [1.54, 1.807) is 0 Å². The molecule has 0 aliphatic carbocycles. The highest BCUT2D eigenvalue weighted by Gasteiger charge is 2.05. The van der Waals surface area contributed by atoms with Crippen molar-refractivity contribution in [3.8, 4) is 0 Å². The van der Waals surface area contributed by atoms with E-state index in [-0.39, 0.29) is 0 Å². The number of nitrogens with two attached hydrogens (primary N) is 1. The number of fused-ring (bicyclic) bond motifs is 1. The first-order valence-electron chi connectivity index (χ1n) is 4.97. The van der Waals surface area contributed by atoms with E-state index in [9.17, 15) is 0 Å². The lowest BCUT2D eigenvalue weighted by Crippen LogP contribution is -2.09. The van der Waals surface area contributed by atoms with Gasteiger partial charge in [0.1, 0.15) is 5.65 Å². The van der Waals surface area contributed by atoms with Gasteiger partial charge in [0, 0.05) is 33.0 Å². The van der Waals surface area contributed by atoms with Crippen LogP contribution in [0, 0.1) is 6.92 Å². The van der Waals surface area contributed by atoms with Gasteiger partial charge < -0.3 is 15.0 Å². The molecule has 0 bridgehead atoms. The molecule has 0 atom stereocenters. The van der Waals surface area contributed by atoms with Crippen molar-refractivity contribution in [2.24, 2.45) is 5.73 Å². The van der Waals surface area contributed by atoms with Crippen molar-refractivity contribution in [2.75, 3.05) is 19.0 Å². The molecule has 0 unspecified atom stereocenters. The van der Waals surface area contributed by atoms with Crippen molar-refractivity contribution in [3.05, 3.63) is 29.7 Å². The van der Waals surface area contributed by atoms with Gasteiger partial charge >= 0.3 is 0 Å². The summed E-state index contributed by atoms with van der Waals surface area (Å²) in [6.07, 6.45) is 4.05. The van der Waals surface area contributed by atoms with Crippen LogP contribution in [0.2, 0.25) is 0 Å². The summed E-state index contributed by atoms with van der Waals surface area (Å²) in [4.78, 5) is 6.53. The van der Waals surface area contributed by atoms with Crippen LogP contribution in [0.1, 0.15) is 11.3 Å². The number of aromatic nitrogens is 2. The third-order valence-corrected chi connectivity index (χ3v) is 2.50. The Labute approximate surface area is 89.3 Å². The first kappa shape index (κ1) is 9.98. The van der Waals surface area contributed by atoms with Crippen LogP contribution >= 0.6 is 0 Å². The summed E-state index contributed by atoms with van der Waals surface area (Å²) in [6, 6.07) is 2.13. The lowest BCUT2D eigenvalue weighted by Gasteiger charge is -2.13. The third-order valence-electron chi connectivity index (χ3n) is 2.50. The van der Waals surface area contributed by atoms with Gasteiger partial charge in [-0.15, -0.1) is 0 Å². The second-order valence-electron chi connectivity index (χ2n) is 3.94. The lowest BCUT2D eigenvalue weighted by atomic mass is 10.2. The summed E-state index contributed by atoms with van der Waals surface area (Å²) in [6.45, 7) is 2.55. The fourth-order valence-corrected chi connectivity index (χ4v) is 1.64. The van der Waals surface area contributed by atoms with Gasteiger partial charge in [-0.1, -0.05) is 0 Å². The van der Waals surface area contributed by atoms with Crippen LogP contribution in [0.15, 0.2) is 18.5 Å². The molecule has 0 aliphatic rings. The lowest BCUT2D eigenvalue weighted by molar-refractivity contribution is 1.01. The van der Waals surface area contributed by atoms with Crippen LogP contribution in [-0.2, 0) is 6.54 Å². The molecule has 0 aromatic carbocycles. The average molecular weight is 204 g/mol. The summed E-state index contributed by atoms with van der Waals surface area (Å²) in [5.41, 5.74) is 9.82. The zero-order chi connectivity index (χ0) is 11.0. The molecule has 0 spiro atoms. The molecule has 15 heavy (non-hydrogen) atoms. The van der Waals surface area contributed by atoms with Gasteiger partial charge in [0.15, 0.2) is 0 Å². The Morgan fingerprint density at radius 3 is 2.73 bits per heavy atom. The largest absolute Gasteiger partial charge is 0.376 e. The van der Waals surface area contributed by atoms with Crippen LogP contribution in [-0.4, -0.2) is 23.5 Å². The highest BCUT2D eigenvalue weighted by atomic mass is 15.1. The number of rotatable bonds is 2. The van der Waals surface area contributed by atoms with Crippen molar-refractivity contribution in [1.29, 1.82) is 0 Å². The molecule has 2 rings (SSSR count). The molecule has 80 valence electrons. The molecule has 4 heteroatoms. The molecular weight excluding hydrogens is 188 g/mol. The fourth-order valence-electron chi connectivity index (χ4n) is 1.64. The first-order valence-corrected chi connectivity index (χ1v) is 4.97. The molecule has 0 saturated carbocycles. The summed E-state index contributed by atoms with van der Waals surface area (Å²) < 4.78 is 2.03. The van der Waals surface area contributed by atoms with E-state index in [1.807, 2.05) is 24.7 Å². The summed E-state index contributed by atoms with van der Waals surface area (Å²) in [7, 11) is 4.06. The van der Waals surface area contributed by atoms with Gasteiger partial charge in [-0.25, -0.2) is 4.98 Å². The summed E-state index contributed by atoms with van der Waals surface area (Å²) in [5.74, 6) is 0. The molecule has 4 nitrogen and oxygen atoms in total. The zero-order valence-corrected chi connectivity index (χ0v) is 9.36. The predicted molar refractivity (Wildman–Crippen MR) is 62.1 cm³/mol. The Bertz CT molecular complexity index is 485. The summed E-state index contributed by atoms with van der Waals surface area (Å²) in [5, 5.41) is 0. The van der Waals surface area contributed by atoms with E-state index in [1.165, 1.54) is 11.3 Å². The molecule has 2 heterocycles. The van der Waals surface area contributed by atoms with E-state index in [0.29, 0.717) is 6.54 Å². The monoisotopic (exact) mass is 204 g/mol. The van der Waals surface area contributed by atoms with Crippen molar-refractivity contribution < 1.29 is 0 Å². The number of aryl methyl sites for hydroxylation is 1.